The lowest BCUT2D eigenvalue weighted by Gasteiger charge is -2.07. The van der Waals surface area contributed by atoms with Crippen molar-refractivity contribution in [3.05, 3.63) is 61.9 Å². The summed E-state index contributed by atoms with van der Waals surface area (Å²) >= 11 is 17.3. The van der Waals surface area contributed by atoms with Crippen LogP contribution in [0.5, 0.6) is 0 Å². The number of hydrogen-bond donors (Lipinski definition) is 1. The number of halogens is 8. The lowest BCUT2D eigenvalue weighted by Crippen LogP contribution is -2.07. The van der Waals surface area contributed by atoms with Gasteiger partial charge in [0, 0.05) is 5.02 Å². The van der Waals surface area contributed by atoms with E-state index in [2.05, 4.69) is 10.5 Å². The Morgan fingerprint density at radius 1 is 0.783 bits per heavy atom. The fraction of sp³-hybridized carbons (Fsp3) is 0. The molecule has 10 heteroatoms. The number of hydrazone groups is 1. The van der Waals surface area contributed by atoms with E-state index in [0.29, 0.717) is 6.21 Å². The summed E-state index contributed by atoms with van der Waals surface area (Å²) in [4.78, 5) is 0. The van der Waals surface area contributed by atoms with E-state index < -0.39 is 34.6 Å². The number of anilines is 1. The zero-order valence-electron chi connectivity index (χ0n) is 10.7. The minimum atomic E-state index is -2.26. The number of nitrogens with one attached hydrogen (secondary N) is 1. The molecule has 0 unspecified atom stereocenters. The molecule has 23 heavy (non-hydrogen) atoms. The highest BCUT2D eigenvalue weighted by Crippen LogP contribution is 2.33. The molecule has 2 aromatic rings. The molecule has 2 nitrogen and oxygen atoms in total. The zero-order chi connectivity index (χ0) is 17.3. The van der Waals surface area contributed by atoms with Crippen LogP contribution in [0.1, 0.15) is 5.56 Å². The summed E-state index contributed by atoms with van der Waals surface area (Å²) in [6.45, 7) is 0. The predicted octanol–water partition coefficient (Wildman–Crippen LogP) is 5.79. The highest BCUT2D eigenvalue weighted by molar-refractivity contribution is 6.41. The molecule has 0 aliphatic heterocycles. The van der Waals surface area contributed by atoms with Crippen LogP contribution in [-0.4, -0.2) is 6.21 Å². The van der Waals surface area contributed by atoms with Crippen molar-refractivity contribution in [2.24, 2.45) is 5.10 Å². The van der Waals surface area contributed by atoms with E-state index in [-0.39, 0.29) is 20.8 Å². The van der Waals surface area contributed by atoms with Crippen molar-refractivity contribution in [3.8, 4) is 0 Å². The maximum absolute atomic E-state index is 13.4. The van der Waals surface area contributed by atoms with E-state index in [1.165, 1.54) is 12.1 Å². The van der Waals surface area contributed by atoms with Crippen LogP contribution >= 0.6 is 34.8 Å². The molecule has 0 saturated heterocycles. The maximum Gasteiger partial charge on any atom is 0.200 e. The third-order valence-corrected chi connectivity index (χ3v) is 3.44. The predicted molar refractivity (Wildman–Crippen MR) is 78.9 cm³/mol. The van der Waals surface area contributed by atoms with E-state index in [9.17, 15) is 22.0 Å². The second-order valence-corrected chi connectivity index (χ2v) is 5.35. The van der Waals surface area contributed by atoms with E-state index >= 15 is 0 Å². The minimum Gasteiger partial charge on any atom is -0.275 e. The molecule has 0 bridgehead atoms. The molecule has 0 radical (unpaired) electrons. The first-order valence-electron chi connectivity index (χ1n) is 5.69. The van der Waals surface area contributed by atoms with Crippen LogP contribution < -0.4 is 5.43 Å². The molecular weight excluding hydrogens is 386 g/mol. The van der Waals surface area contributed by atoms with E-state index in [0.717, 1.165) is 0 Å². The molecule has 2 aromatic carbocycles. The van der Waals surface area contributed by atoms with E-state index in [4.69, 9.17) is 34.8 Å². The van der Waals surface area contributed by atoms with Crippen LogP contribution in [0.2, 0.25) is 15.1 Å². The number of hydrogen-bond acceptors (Lipinski definition) is 2. The van der Waals surface area contributed by atoms with Crippen molar-refractivity contribution in [3.63, 3.8) is 0 Å². The Balaban J connectivity index is 2.36. The van der Waals surface area contributed by atoms with E-state index in [1.807, 2.05) is 0 Å². The molecule has 0 heterocycles. The summed E-state index contributed by atoms with van der Waals surface area (Å²) in [5.74, 6) is -10.4. The van der Waals surface area contributed by atoms with Gasteiger partial charge in [0.25, 0.3) is 0 Å². The first-order valence-corrected chi connectivity index (χ1v) is 6.82. The molecule has 0 amide bonds. The van der Waals surface area contributed by atoms with Gasteiger partial charge in [-0.1, -0.05) is 34.8 Å². The molecule has 0 spiro atoms. The van der Waals surface area contributed by atoms with Gasteiger partial charge in [-0.25, -0.2) is 22.0 Å². The summed E-state index contributed by atoms with van der Waals surface area (Å²) in [6.07, 6.45) is 0.414. The normalized spacial score (nSPS) is 11.3. The first kappa shape index (κ1) is 17.8. The van der Waals surface area contributed by atoms with Crippen molar-refractivity contribution in [2.75, 3.05) is 5.43 Å². The van der Waals surface area contributed by atoms with Gasteiger partial charge in [-0.2, -0.15) is 5.10 Å². The SMILES string of the molecule is Fc1c(F)c(F)c(C=NNc2c(Cl)cc(Cl)cc2Cl)c(F)c1F. The molecular formula is C13H4Cl3F5N2. The van der Waals surface area contributed by atoms with Crippen molar-refractivity contribution in [1.82, 2.24) is 0 Å². The van der Waals surface area contributed by atoms with Gasteiger partial charge in [0.1, 0.15) is 0 Å². The molecule has 0 saturated carbocycles. The molecule has 0 atom stereocenters. The first-order chi connectivity index (χ1) is 10.7. The topological polar surface area (TPSA) is 24.4 Å². The van der Waals surface area contributed by atoms with Gasteiger partial charge in [-0.05, 0) is 12.1 Å². The highest BCUT2D eigenvalue weighted by atomic mass is 35.5. The van der Waals surface area contributed by atoms with Crippen LogP contribution in [0.3, 0.4) is 0 Å². The van der Waals surface area contributed by atoms with Crippen molar-refractivity contribution in [1.29, 1.82) is 0 Å². The van der Waals surface area contributed by atoms with Crippen LogP contribution in [-0.2, 0) is 0 Å². The molecule has 1 N–H and O–H groups in total. The quantitative estimate of drug-likeness (QED) is 0.232. The third-order valence-electron chi connectivity index (χ3n) is 2.62. The van der Waals surface area contributed by atoms with Gasteiger partial charge in [0.15, 0.2) is 23.3 Å². The van der Waals surface area contributed by atoms with Gasteiger partial charge in [-0.15, -0.1) is 0 Å². The fourth-order valence-corrected chi connectivity index (χ4v) is 2.45. The average molecular weight is 390 g/mol. The summed E-state index contributed by atoms with van der Waals surface area (Å²) in [5, 5.41) is 3.68. The molecule has 0 aliphatic rings. The monoisotopic (exact) mass is 388 g/mol. The van der Waals surface area contributed by atoms with Gasteiger partial charge in [0.2, 0.25) is 5.82 Å². The average Bonchev–Trinajstić information content (AvgIpc) is 2.48. The highest BCUT2D eigenvalue weighted by Gasteiger charge is 2.24. The number of benzene rings is 2. The number of nitrogens with zero attached hydrogens (tertiary/aromatic N) is 1. The Hall–Kier alpha value is -1.57. The van der Waals surface area contributed by atoms with Gasteiger partial charge in [0.05, 0.1) is 27.5 Å². The van der Waals surface area contributed by atoms with Crippen LogP contribution in [0.15, 0.2) is 17.2 Å². The fourth-order valence-electron chi connectivity index (χ4n) is 1.55. The summed E-state index contributed by atoms with van der Waals surface area (Å²) in [6, 6.07) is 2.62. The van der Waals surface area contributed by atoms with E-state index in [1.54, 1.807) is 0 Å². The Bertz CT molecular complexity index is 759. The summed E-state index contributed by atoms with van der Waals surface area (Å²) < 4.78 is 65.8. The zero-order valence-corrected chi connectivity index (χ0v) is 13.0. The standard InChI is InChI=1S/C13H4Cl3F5N2/c14-4-1-6(15)13(7(16)2-4)23-22-3-5-8(17)10(19)12(21)11(20)9(5)18/h1-3,23H. The van der Waals surface area contributed by atoms with Crippen molar-refractivity contribution in [2.45, 2.75) is 0 Å². The van der Waals surface area contributed by atoms with Crippen molar-refractivity contribution >= 4 is 46.7 Å². The van der Waals surface area contributed by atoms with Gasteiger partial charge < -0.3 is 0 Å². The Labute approximate surface area is 141 Å². The molecule has 0 aromatic heterocycles. The third kappa shape index (κ3) is 3.52. The lowest BCUT2D eigenvalue weighted by atomic mass is 10.2. The lowest BCUT2D eigenvalue weighted by molar-refractivity contribution is 0.377. The molecule has 0 fully saturated rings. The minimum absolute atomic E-state index is 0.0389. The Morgan fingerprint density at radius 2 is 1.22 bits per heavy atom. The van der Waals surface area contributed by atoms with Crippen LogP contribution in [0.25, 0.3) is 0 Å². The molecule has 0 aliphatic carbocycles. The smallest absolute Gasteiger partial charge is 0.200 e. The van der Waals surface area contributed by atoms with Crippen LogP contribution in [0, 0.1) is 29.1 Å². The van der Waals surface area contributed by atoms with Crippen molar-refractivity contribution < 1.29 is 22.0 Å². The van der Waals surface area contributed by atoms with Gasteiger partial charge in [-0.3, -0.25) is 5.43 Å². The summed E-state index contributed by atoms with van der Waals surface area (Å²) in [5.41, 5.74) is 1.07. The molecule has 122 valence electrons. The second-order valence-electron chi connectivity index (χ2n) is 4.10. The molecule has 2 rings (SSSR count). The number of rotatable bonds is 3. The van der Waals surface area contributed by atoms with Gasteiger partial charge >= 0.3 is 0 Å². The Morgan fingerprint density at radius 3 is 1.70 bits per heavy atom. The second kappa shape index (κ2) is 6.90. The van der Waals surface area contributed by atoms with Crippen LogP contribution in [0.4, 0.5) is 27.6 Å². The largest absolute Gasteiger partial charge is 0.275 e. The maximum atomic E-state index is 13.4. The Kier molecular flexibility index (Phi) is 5.33. The summed E-state index contributed by atoms with van der Waals surface area (Å²) in [7, 11) is 0.